The Hall–Kier alpha value is -2.82. The quantitative estimate of drug-likeness (QED) is 0.817. The molecule has 0 aliphatic carbocycles. The molecule has 0 radical (unpaired) electrons. The highest BCUT2D eigenvalue weighted by Gasteiger charge is 2.19. The Morgan fingerprint density at radius 2 is 1.62 bits per heavy atom. The molecule has 1 atom stereocenters. The van der Waals surface area contributed by atoms with E-state index in [2.05, 4.69) is 26.1 Å². The third kappa shape index (κ3) is 4.85. The van der Waals surface area contributed by atoms with Gasteiger partial charge in [0.15, 0.2) is 6.10 Å². The molecule has 0 saturated carbocycles. The fourth-order valence-electron chi connectivity index (χ4n) is 2.41. The number of carbonyl (C=O) groups excluding carboxylic acids is 2. The van der Waals surface area contributed by atoms with Gasteiger partial charge in [-0.1, -0.05) is 45.0 Å². The Kier molecular flexibility index (Phi) is 6.03. The number of hydrogen-bond acceptors (Lipinski definition) is 4. The highest BCUT2D eigenvalue weighted by atomic mass is 16.5. The molecule has 5 heteroatoms. The van der Waals surface area contributed by atoms with Crippen molar-refractivity contribution in [2.45, 2.75) is 39.2 Å². The Balaban J connectivity index is 2.06. The number of hydrogen-bond donors (Lipinski definition) is 1. The van der Waals surface area contributed by atoms with Crippen LogP contribution in [0.25, 0.3) is 0 Å². The molecule has 0 aliphatic heterocycles. The van der Waals surface area contributed by atoms with E-state index in [1.807, 2.05) is 24.3 Å². The van der Waals surface area contributed by atoms with Gasteiger partial charge < -0.3 is 14.8 Å². The first-order chi connectivity index (χ1) is 12.2. The highest BCUT2D eigenvalue weighted by Crippen LogP contribution is 2.25. The normalized spacial score (nSPS) is 12.2. The van der Waals surface area contributed by atoms with Gasteiger partial charge in [-0.3, -0.25) is 4.79 Å². The predicted molar refractivity (Wildman–Crippen MR) is 102 cm³/mol. The summed E-state index contributed by atoms with van der Waals surface area (Å²) in [7, 11) is 1.30. The van der Waals surface area contributed by atoms with Gasteiger partial charge in [0.2, 0.25) is 0 Å². The van der Waals surface area contributed by atoms with Crippen molar-refractivity contribution in [3.63, 3.8) is 0 Å². The smallest absolute Gasteiger partial charge is 0.339 e. The van der Waals surface area contributed by atoms with Gasteiger partial charge >= 0.3 is 5.97 Å². The molecule has 138 valence electrons. The first-order valence-electron chi connectivity index (χ1n) is 8.48. The van der Waals surface area contributed by atoms with E-state index in [1.54, 1.807) is 31.2 Å². The van der Waals surface area contributed by atoms with E-state index in [0.717, 1.165) is 0 Å². The highest BCUT2D eigenvalue weighted by molar-refractivity contribution is 6.02. The van der Waals surface area contributed by atoms with E-state index in [-0.39, 0.29) is 11.3 Å². The Bertz CT molecular complexity index is 775. The first-order valence-corrected chi connectivity index (χ1v) is 8.48. The molecule has 0 bridgehead atoms. The molecule has 1 N–H and O–H groups in total. The van der Waals surface area contributed by atoms with Crippen molar-refractivity contribution in [1.82, 2.24) is 0 Å². The summed E-state index contributed by atoms with van der Waals surface area (Å²) < 4.78 is 10.4. The number of benzene rings is 2. The van der Waals surface area contributed by atoms with Crippen LogP contribution in [0.5, 0.6) is 5.75 Å². The number of anilines is 1. The van der Waals surface area contributed by atoms with Crippen molar-refractivity contribution in [2.75, 3.05) is 12.4 Å². The topological polar surface area (TPSA) is 64.6 Å². The van der Waals surface area contributed by atoms with E-state index >= 15 is 0 Å². The fourth-order valence-corrected chi connectivity index (χ4v) is 2.41. The molecule has 0 aliphatic rings. The molecule has 0 heterocycles. The average molecular weight is 355 g/mol. The zero-order valence-corrected chi connectivity index (χ0v) is 15.8. The Morgan fingerprint density at radius 1 is 1.00 bits per heavy atom. The van der Waals surface area contributed by atoms with E-state index in [0.29, 0.717) is 17.0 Å². The molecule has 0 unspecified atom stereocenters. The van der Waals surface area contributed by atoms with Gasteiger partial charge in [-0.15, -0.1) is 0 Å². The molecule has 5 nitrogen and oxygen atoms in total. The van der Waals surface area contributed by atoms with Gasteiger partial charge in [0.25, 0.3) is 5.91 Å². The summed E-state index contributed by atoms with van der Waals surface area (Å²) in [5.74, 6) is -0.240. The molecule has 0 aromatic heterocycles. The molecular formula is C21H25NO4. The lowest BCUT2D eigenvalue weighted by atomic mass is 9.87. The van der Waals surface area contributed by atoms with Crippen LogP contribution in [0.2, 0.25) is 0 Å². The standard InChI is InChI=1S/C21H25NO4/c1-14(26-16-12-10-15(11-13-16)21(2,3)4)19(23)22-18-9-7-6-8-17(18)20(24)25-5/h6-14H,1-5H3,(H,22,23)/t14-/m0/s1. The minimum atomic E-state index is -0.721. The third-order valence-electron chi connectivity index (χ3n) is 3.99. The predicted octanol–water partition coefficient (Wildman–Crippen LogP) is 4.18. The summed E-state index contributed by atoms with van der Waals surface area (Å²) in [6.07, 6.45) is -0.721. The maximum absolute atomic E-state index is 12.4. The Morgan fingerprint density at radius 3 is 2.19 bits per heavy atom. The van der Waals surface area contributed by atoms with Crippen LogP contribution in [0.1, 0.15) is 43.6 Å². The van der Waals surface area contributed by atoms with Crippen molar-refractivity contribution < 1.29 is 19.1 Å². The summed E-state index contributed by atoms with van der Waals surface area (Å²) in [6, 6.07) is 14.4. The van der Waals surface area contributed by atoms with Gasteiger partial charge in [0, 0.05) is 0 Å². The van der Waals surface area contributed by atoms with Crippen molar-refractivity contribution >= 4 is 17.6 Å². The molecular weight excluding hydrogens is 330 g/mol. The summed E-state index contributed by atoms with van der Waals surface area (Å²) in [6.45, 7) is 8.07. The minimum absolute atomic E-state index is 0.0547. The molecule has 2 aromatic carbocycles. The maximum atomic E-state index is 12.4. The second-order valence-corrected chi connectivity index (χ2v) is 7.06. The number of para-hydroxylation sites is 1. The fraction of sp³-hybridized carbons (Fsp3) is 0.333. The van der Waals surface area contributed by atoms with Gasteiger partial charge in [0.1, 0.15) is 5.75 Å². The number of ether oxygens (including phenoxy) is 2. The van der Waals surface area contributed by atoms with Gasteiger partial charge in [-0.25, -0.2) is 4.79 Å². The molecule has 0 saturated heterocycles. The van der Waals surface area contributed by atoms with Gasteiger partial charge in [0.05, 0.1) is 18.4 Å². The summed E-state index contributed by atoms with van der Waals surface area (Å²) >= 11 is 0. The lowest BCUT2D eigenvalue weighted by molar-refractivity contribution is -0.122. The van der Waals surface area contributed by atoms with E-state index in [9.17, 15) is 9.59 Å². The van der Waals surface area contributed by atoms with Crippen LogP contribution in [-0.2, 0) is 14.9 Å². The van der Waals surface area contributed by atoms with Crippen LogP contribution < -0.4 is 10.1 Å². The van der Waals surface area contributed by atoms with Crippen LogP contribution in [0, 0.1) is 0 Å². The van der Waals surface area contributed by atoms with E-state index < -0.39 is 12.1 Å². The summed E-state index contributed by atoms with van der Waals surface area (Å²) in [5, 5.41) is 2.72. The van der Waals surface area contributed by atoms with E-state index in [1.165, 1.54) is 12.7 Å². The SMILES string of the molecule is COC(=O)c1ccccc1NC(=O)[C@H](C)Oc1ccc(C(C)(C)C)cc1. The zero-order chi connectivity index (χ0) is 19.3. The second-order valence-electron chi connectivity index (χ2n) is 7.06. The number of methoxy groups -OCH3 is 1. The monoisotopic (exact) mass is 355 g/mol. The molecule has 2 rings (SSSR count). The average Bonchev–Trinajstić information content (AvgIpc) is 2.61. The lowest BCUT2D eigenvalue weighted by Crippen LogP contribution is -2.30. The van der Waals surface area contributed by atoms with Crippen molar-refractivity contribution in [3.8, 4) is 5.75 Å². The molecule has 0 spiro atoms. The van der Waals surface area contributed by atoms with Crippen LogP contribution in [0.3, 0.4) is 0 Å². The number of carbonyl (C=O) groups is 2. The number of esters is 1. The third-order valence-corrected chi connectivity index (χ3v) is 3.99. The number of amides is 1. The van der Waals surface area contributed by atoms with Gasteiger partial charge in [-0.05, 0) is 42.2 Å². The molecule has 26 heavy (non-hydrogen) atoms. The van der Waals surface area contributed by atoms with Crippen molar-refractivity contribution in [1.29, 1.82) is 0 Å². The zero-order valence-electron chi connectivity index (χ0n) is 15.8. The van der Waals surface area contributed by atoms with Crippen LogP contribution in [-0.4, -0.2) is 25.1 Å². The number of rotatable bonds is 5. The lowest BCUT2D eigenvalue weighted by Gasteiger charge is -2.20. The largest absolute Gasteiger partial charge is 0.481 e. The van der Waals surface area contributed by atoms with Crippen molar-refractivity contribution in [2.24, 2.45) is 0 Å². The minimum Gasteiger partial charge on any atom is -0.481 e. The van der Waals surface area contributed by atoms with Crippen LogP contribution in [0.15, 0.2) is 48.5 Å². The second kappa shape index (κ2) is 8.04. The van der Waals surface area contributed by atoms with E-state index in [4.69, 9.17) is 9.47 Å². The van der Waals surface area contributed by atoms with Crippen LogP contribution >= 0.6 is 0 Å². The Labute approximate surface area is 154 Å². The van der Waals surface area contributed by atoms with Crippen LogP contribution in [0.4, 0.5) is 5.69 Å². The molecule has 0 fully saturated rings. The molecule has 1 amide bonds. The summed E-state index contributed by atoms with van der Waals surface area (Å²) in [4.78, 5) is 24.2. The first kappa shape index (κ1) is 19.5. The maximum Gasteiger partial charge on any atom is 0.339 e. The van der Waals surface area contributed by atoms with Crippen molar-refractivity contribution in [3.05, 3.63) is 59.7 Å². The molecule has 2 aromatic rings. The number of nitrogens with one attached hydrogen (secondary N) is 1. The van der Waals surface area contributed by atoms with Gasteiger partial charge in [-0.2, -0.15) is 0 Å². The summed E-state index contributed by atoms with van der Waals surface area (Å²) in [5.41, 5.74) is 1.93.